The predicted molar refractivity (Wildman–Crippen MR) is 23.4 cm³/mol. The first-order valence-electron chi connectivity index (χ1n) is 1.51. The molecule has 0 unspecified atom stereocenters. The van der Waals surface area contributed by atoms with Gasteiger partial charge in [-0.3, -0.25) is 0 Å². The summed E-state index contributed by atoms with van der Waals surface area (Å²) in [5.74, 6) is -1.19. The second kappa shape index (κ2) is 6.79. The second-order valence-electron chi connectivity index (χ2n) is 1.07. The SMILES string of the molecule is C=C(C)C(=O)[O-].O.[Zn]. The molecule has 0 aliphatic rings. The van der Waals surface area contributed by atoms with Crippen LogP contribution in [-0.4, -0.2) is 11.4 Å². The topological polar surface area (TPSA) is 71.6 Å². The number of carboxylic acids is 1. The van der Waals surface area contributed by atoms with E-state index < -0.39 is 5.97 Å². The van der Waals surface area contributed by atoms with E-state index in [0.717, 1.165) is 0 Å². The molecule has 0 aliphatic heterocycles. The average molecular weight is 168 g/mol. The van der Waals surface area contributed by atoms with E-state index in [9.17, 15) is 9.90 Å². The van der Waals surface area contributed by atoms with E-state index >= 15 is 0 Å². The van der Waals surface area contributed by atoms with Gasteiger partial charge in [0, 0.05) is 19.5 Å². The Morgan fingerprint density at radius 3 is 1.75 bits per heavy atom. The molecule has 0 saturated carbocycles. The van der Waals surface area contributed by atoms with Crippen LogP contribution in [0.4, 0.5) is 0 Å². The maximum Gasteiger partial charge on any atom is 0.0666 e. The minimum atomic E-state index is -1.19. The second-order valence-corrected chi connectivity index (χ2v) is 1.07. The van der Waals surface area contributed by atoms with E-state index in [1.807, 2.05) is 0 Å². The molecule has 44 valence electrons. The van der Waals surface area contributed by atoms with Crippen LogP contribution in [0, 0.1) is 0 Å². The maximum atomic E-state index is 9.49. The van der Waals surface area contributed by atoms with E-state index in [1.54, 1.807) is 0 Å². The van der Waals surface area contributed by atoms with Gasteiger partial charge in [0.25, 0.3) is 0 Å². The van der Waals surface area contributed by atoms with Crippen molar-refractivity contribution in [2.45, 2.75) is 6.92 Å². The molecule has 0 aromatic heterocycles. The number of carbonyl (C=O) groups is 1. The van der Waals surface area contributed by atoms with Crippen LogP contribution >= 0.6 is 0 Å². The molecule has 0 atom stereocenters. The molecular weight excluding hydrogens is 161 g/mol. The van der Waals surface area contributed by atoms with E-state index in [4.69, 9.17) is 0 Å². The molecule has 2 N–H and O–H groups in total. The molecule has 0 aliphatic carbocycles. The minimum absolute atomic E-state index is 0. The molecule has 0 aromatic rings. The summed E-state index contributed by atoms with van der Waals surface area (Å²) >= 11 is 0. The van der Waals surface area contributed by atoms with E-state index in [0.29, 0.717) is 0 Å². The Hall–Kier alpha value is -0.207. The van der Waals surface area contributed by atoms with Crippen molar-refractivity contribution in [2.24, 2.45) is 0 Å². The fourth-order valence-corrected chi connectivity index (χ4v) is 0. The van der Waals surface area contributed by atoms with Gasteiger partial charge in [-0.2, -0.15) is 0 Å². The standard InChI is InChI=1S/C4H6O2.H2O.Zn/c1-3(2)4(5)6;;/h1H2,2H3,(H,5,6);1H2;/p-1. The van der Waals surface area contributed by atoms with Crippen LogP contribution in [0.15, 0.2) is 12.2 Å². The van der Waals surface area contributed by atoms with Crippen molar-refractivity contribution in [1.29, 1.82) is 0 Å². The zero-order valence-corrected chi connectivity index (χ0v) is 7.70. The normalized spacial score (nSPS) is 5.62. The molecule has 0 amide bonds. The van der Waals surface area contributed by atoms with E-state index in [1.165, 1.54) is 6.92 Å². The Balaban J connectivity index is -0.000000125. The van der Waals surface area contributed by atoms with Crippen molar-refractivity contribution < 1.29 is 34.9 Å². The van der Waals surface area contributed by atoms with Gasteiger partial charge in [0.2, 0.25) is 0 Å². The predicted octanol–water partition coefficient (Wildman–Crippen LogP) is -1.51. The van der Waals surface area contributed by atoms with Crippen LogP contribution in [-0.2, 0) is 24.3 Å². The molecular formula is C4H7O3Zn-. The fourth-order valence-electron chi connectivity index (χ4n) is 0. The Morgan fingerprint density at radius 2 is 1.75 bits per heavy atom. The van der Waals surface area contributed by atoms with Gasteiger partial charge in [-0.15, -0.1) is 0 Å². The Kier molecular flexibility index (Phi) is 13.3. The summed E-state index contributed by atoms with van der Waals surface area (Å²) in [5, 5.41) is 9.49. The van der Waals surface area contributed by atoms with Crippen LogP contribution in [0.5, 0.6) is 0 Å². The molecule has 0 bridgehead atoms. The Bertz CT molecular complexity index is 77.3. The van der Waals surface area contributed by atoms with Gasteiger partial charge in [0.1, 0.15) is 0 Å². The van der Waals surface area contributed by atoms with Crippen molar-refractivity contribution >= 4 is 5.97 Å². The zero-order chi connectivity index (χ0) is 5.15. The third-order valence-electron chi connectivity index (χ3n) is 0.348. The Labute approximate surface area is 60.5 Å². The van der Waals surface area contributed by atoms with Crippen molar-refractivity contribution in [3.63, 3.8) is 0 Å². The number of hydrogen-bond acceptors (Lipinski definition) is 2. The number of rotatable bonds is 1. The van der Waals surface area contributed by atoms with Gasteiger partial charge < -0.3 is 15.4 Å². The number of carbonyl (C=O) groups excluding carboxylic acids is 1. The van der Waals surface area contributed by atoms with Gasteiger partial charge >= 0.3 is 0 Å². The van der Waals surface area contributed by atoms with Gasteiger partial charge in [-0.1, -0.05) is 6.58 Å². The van der Waals surface area contributed by atoms with Crippen molar-refractivity contribution in [1.82, 2.24) is 0 Å². The molecule has 0 radical (unpaired) electrons. The molecule has 0 heterocycles. The summed E-state index contributed by atoms with van der Waals surface area (Å²) in [7, 11) is 0. The summed E-state index contributed by atoms with van der Waals surface area (Å²) in [6.45, 7) is 4.48. The van der Waals surface area contributed by atoms with Crippen LogP contribution in [0.3, 0.4) is 0 Å². The molecule has 8 heavy (non-hydrogen) atoms. The first kappa shape index (κ1) is 15.7. The number of hydrogen-bond donors (Lipinski definition) is 0. The largest absolute Gasteiger partial charge is 0.545 e. The molecule has 0 aromatic carbocycles. The van der Waals surface area contributed by atoms with E-state index in [2.05, 4.69) is 6.58 Å². The smallest absolute Gasteiger partial charge is 0.0666 e. The van der Waals surface area contributed by atoms with Crippen LogP contribution in [0.2, 0.25) is 0 Å². The first-order valence-corrected chi connectivity index (χ1v) is 1.51. The van der Waals surface area contributed by atoms with Crippen molar-refractivity contribution in [3.8, 4) is 0 Å². The summed E-state index contributed by atoms with van der Waals surface area (Å²) in [5.41, 5.74) is 0.0648. The van der Waals surface area contributed by atoms with Crippen LogP contribution in [0.25, 0.3) is 0 Å². The molecule has 0 fully saturated rings. The number of carboxylic acid groups (broad SMARTS) is 1. The Morgan fingerprint density at radius 1 is 1.62 bits per heavy atom. The third-order valence-corrected chi connectivity index (χ3v) is 0.348. The van der Waals surface area contributed by atoms with Crippen LogP contribution < -0.4 is 5.11 Å². The summed E-state index contributed by atoms with van der Waals surface area (Å²) in [6, 6.07) is 0. The summed E-state index contributed by atoms with van der Waals surface area (Å²) in [4.78, 5) is 9.49. The summed E-state index contributed by atoms with van der Waals surface area (Å²) in [6.07, 6.45) is 0. The maximum absolute atomic E-state index is 9.49. The van der Waals surface area contributed by atoms with Gasteiger partial charge in [0.15, 0.2) is 0 Å². The van der Waals surface area contributed by atoms with Gasteiger partial charge in [-0.25, -0.2) is 0 Å². The molecule has 0 saturated heterocycles. The quantitative estimate of drug-likeness (QED) is 0.353. The number of aliphatic carboxylic acids is 1. The molecule has 4 heteroatoms. The van der Waals surface area contributed by atoms with Crippen molar-refractivity contribution in [2.75, 3.05) is 0 Å². The first-order chi connectivity index (χ1) is 2.64. The third kappa shape index (κ3) is 9.25. The van der Waals surface area contributed by atoms with E-state index in [-0.39, 0.29) is 30.5 Å². The van der Waals surface area contributed by atoms with Crippen molar-refractivity contribution in [3.05, 3.63) is 12.2 Å². The van der Waals surface area contributed by atoms with Gasteiger partial charge in [0.05, 0.1) is 5.97 Å². The molecule has 3 nitrogen and oxygen atoms in total. The zero-order valence-electron chi connectivity index (χ0n) is 4.73. The molecule has 0 rings (SSSR count). The van der Waals surface area contributed by atoms with Crippen LogP contribution in [0.1, 0.15) is 6.92 Å². The summed E-state index contributed by atoms with van der Waals surface area (Å²) < 4.78 is 0. The monoisotopic (exact) mass is 167 g/mol. The van der Waals surface area contributed by atoms with Gasteiger partial charge in [-0.05, 0) is 12.5 Å². The molecule has 0 spiro atoms. The fraction of sp³-hybridized carbons (Fsp3) is 0.250. The average Bonchev–Trinajstić information content (AvgIpc) is 1.36. The minimum Gasteiger partial charge on any atom is -0.545 e.